The van der Waals surface area contributed by atoms with Gasteiger partial charge in [-0.1, -0.05) is 18.2 Å². The van der Waals surface area contributed by atoms with Crippen LogP contribution in [0.3, 0.4) is 0 Å². The second-order valence-electron chi connectivity index (χ2n) is 5.71. The molecule has 0 amide bonds. The first kappa shape index (κ1) is 15.8. The number of benzene rings is 2. The van der Waals surface area contributed by atoms with E-state index in [0.717, 1.165) is 11.4 Å². The molecule has 1 heterocycles. The molecule has 24 heavy (non-hydrogen) atoms. The molecule has 0 aliphatic carbocycles. The topological polar surface area (TPSA) is 38.4 Å². The third-order valence-corrected chi connectivity index (χ3v) is 3.65. The van der Waals surface area contributed by atoms with Crippen molar-refractivity contribution in [3.8, 4) is 5.75 Å². The van der Waals surface area contributed by atoms with Crippen LogP contribution in [0.15, 0.2) is 73.3 Å². The number of carbonyl (C=O) groups excluding carboxylic acids is 1. The molecule has 0 bridgehead atoms. The average Bonchev–Trinajstić information content (AvgIpc) is 3.02. The Morgan fingerprint density at radius 2 is 1.79 bits per heavy atom. The third kappa shape index (κ3) is 3.81. The van der Waals surface area contributed by atoms with E-state index in [0.29, 0.717) is 5.56 Å². The smallest absolute Gasteiger partial charge is 0.285 e. The first-order valence-electron chi connectivity index (χ1n) is 7.73. The predicted octanol–water partition coefficient (Wildman–Crippen LogP) is 2.57. The molecule has 0 aliphatic rings. The minimum Gasteiger partial charge on any atom is -0.378 e. The zero-order valence-electron chi connectivity index (χ0n) is 13.8. The van der Waals surface area contributed by atoms with Crippen molar-refractivity contribution in [2.45, 2.75) is 6.54 Å². The molecule has 1 aromatic heterocycles. The van der Waals surface area contributed by atoms with Crippen molar-refractivity contribution < 1.29 is 14.4 Å². The molecule has 0 saturated heterocycles. The van der Waals surface area contributed by atoms with Crippen LogP contribution < -0.4 is 14.5 Å². The van der Waals surface area contributed by atoms with E-state index in [1.54, 1.807) is 21.8 Å². The van der Waals surface area contributed by atoms with E-state index < -0.39 is 0 Å². The summed E-state index contributed by atoms with van der Waals surface area (Å²) in [4.78, 5) is 20.0. The maximum Gasteiger partial charge on any atom is 0.285 e. The van der Waals surface area contributed by atoms with Gasteiger partial charge in [-0.15, -0.1) is 0 Å². The van der Waals surface area contributed by atoms with Gasteiger partial charge in [0.15, 0.2) is 18.5 Å². The molecule has 0 saturated carbocycles. The molecular formula is C19H20N3O2+. The molecule has 0 aliphatic heterocycles. The van der Waals surface area contributed by atoms with Crippen molar-refractivity contribution in [2.24, 2.45) is 0 Å². The first-order valence-corrected chi connectivity index (χ1v) is 7.73. The summed E-state index contributed by atoms with van der Waals surface area (Å²) in [6, 6.07) is 17.1. The number of Topliss-reactive ketones (excluding diaryl/α,β-unsaturated/α-hetero) is 1. The van der Waals surface area contributed by atoms with Gasteiger partial charge in [-0.3, -0.25) is 9.63 Å². The molecule has 3 aromatic rings. The second-order valence-corrected chi connectivity index (χ2v) is 5.71. The summed E-state index contributed by atoms with van der Waals surface area (Å²) < 4.78 is 3.38. The molecule has 0 fully saturated rings. The van der Waals surface area contributed by atoms with E-state index in [2.05, 4.69) is 0 Å². The van der Waals surface area contributed by atoms with Gasteiger partial charge in [-0.05, 0) is 41.1 Å². The van der Waals surface area contributed by atoms with E-state index >= 15 is 0 Å². The van der Waals surface area contributed by atoms with Crippen LogP contribution in [0, 0.1) is 0 Å². The second kappa shape index (κ2) is 7.00. The number of anilines is 1. The lowest BCUT2D eigenvalue weighted by Crippen LogP contribution is -2.37. The summed E-state index contributed by atoms with van der Waals surface area (Å²) in [5.74, 6) is 0.800. The van der Waals surface area contributed by atoms with Gasteiger partial charge in [0.25, 0.3) is 6.33 Å². The Bertz CT molecular complexity index is 808. The Hall–Kier alpha value is -3.08. The highest BCUT2D eigenvalue weighted by atomic mass is 16.7. The molecule has 0 atom stereocenters. The monoisotopic (exact) mass is 322 g/mol. The van der Waals surface area contributed by atoms with E-state index in [-0.39, 0.29) is 12.3 Å². The highest BCUT2D eigenvalue weighted by Gasteiger charge is 2.12. The van der Waals surface area contributed by atoms with Crippen molar-refractivity contribution in [2.75, 3.05) is 19.0 Å². The maximum absolute atomic E-state index is 12.4. The number of aromatic nitrogens is 2. The third-order valence-electron chi connectivity index (χ3n) is 3.65. The fourth-order valence-electron chi connectivity index (χ4n) is 2.33. The number of para-hydroxylation sites is 1. The van der Waals surface area contributed by atoms with Crippen molar-refractivity contribution in [3.05, 3.63) is 78.9 Å². The molecule has 5 heteroatoms. The largest absolute Gasteiger partial charge is 0.378 e. The van der Waals surface area contributed by atoms with Gasteiger partial charge in [0.1, 0.15) is 6.20 Å². The zero-order chi connectivity index (χ0) is 16.9. The maximum atomic E-state index is 12.4. The molecule has 3 rings (SSSR count). The first-order chi connectivity index (χ1) is 11.6. The number of rotatable bonds is 6. The zero-order valence-corrected chi connectivity index (χ0v) is 13.8. The van der Waals surface area contributed by atoms with Crippen LogP contribution in [0.1, 0.15) is 10.4 Å². The molecule has 2 aromatic carbocycles. The summed E-state index contributed by atoms with van der Waals surface area (Å²) in [6.07, 6.45) is 5.34. The minimum atomic E-state index is 0.0581. The number of carbonyl (C=O) groups is 1. The highest BCUT2D eigenvalue weighted by Crippen LogP contribution is 2.13. The summed E-state index contributed by atoms with van der Waals surface area (Å²) in [5, 5.41) is 0. The molecule has 5 nitrogen and oxygen atoms in total. The van der Waals surface area contributed by atoms with Crippen LogP contribution in [0.2, 0.25) is 0 Å². The number of ketones is 1. The Balaban J connectivity index is 1.64. The number of imidazole rings is 1. The van der Waals surface area contributed by atoms with Gasteiger partial charge >= 0.3 is 0 Å². The van der Waals surface area contributed by atoms with E-state index in [4.69, 9.17) is 4.84 Å². The normalized spacial score (nSPS) is 10.4. The van der Waals surface area contributed by atoms with Crippen molar-refractivity contribution in [1.29, 1.82) is 0 Å². The van der Waals surface area contributed by atoms with E-state index in [1.165, 1.54) is 0 Å². The summed E-state index contributed by atoms with van der Waals surface area (Å²) in [5.41, 5.74) is 1.77. The number of nitrogens with zero attached hydrogens (tertiary/aromatic N) is 3. The lowest BCUT2D eigenvalue weighted by atomic mass is 10.1. The predicted molar refractivity (Wildman–Crippen MR) is 92.2 cm³/mol. The van der Waals surface area contributed by atoms with Gasteiger partial charge in [0.2, 0.25) is 5.78 Å². The van der Waals surface area contributed by atoms with Crippen LogP contribution in [0.5, 0.6) is 5.75 Å². The molecule has 122 valence electrons. The Labute approximate surface area is 141 Å². The lowest BCUT2D eigenvalue weighted by Gasteiger charge is -2.12. The minimum absolute atomic E-state index is 0.0581. The fourth-order valence-corrected chi connectivity index (χ4v) is 2.33. The highest BCUT2D eigenvalue weighted by molar-refractivity contribution is 5.96. The van der Waals surface area contributed by atoms with Crippen LogP contribution >= 0.6 is 0 Å². The molecule has 0 unspecified atom stereocenters. The Morgan fingerprint density at radius 3 is 2.46 bits per heavy atom. The Kier molecular flexibility index (Phi) is 4.61. The van der Waals surface area contributed by atoms with Gasteiger partial charge in [0, 0.05) is 25.3 Å². The van der Waals surface area contributed by atoms with E-state index in [1.807, 2.05) is 79.8 Å². The molecular weight excluding hydrogens is 302 g/mol. The molecule has 0 spiro atoms. The summed E-state index contributed by atoms with van der Waals surface area (Å²) in [6.45, 7) is 0.270. The Morgan fingerprint density at radius 1 is 1.08 bits per heavy atom. The SMILES string of the molecule is CN(C)c1ccc(C(=O)Cn2cc[n+](Oc3ccccc3)c2)cc1. The van der Waals surface area contributed by atoms with Crippen LogP contribution in [-0.2, 0) is 6.54 Å². The van der Waals surface area contributed by atoms with Gasteiger partial charge < -0.3 is 4.90 Å². The molecule has 0 radical (unpaired) electrons. The van der Waals surface area contributed by atoms with Gasteiger partial charge in [0.05, 0.1) is 0 Å². The van der Waals surface area contributed by atoms with Crippen molar-refractivity contribution >= 4 is 11.5 Å². The van der Waals surface area contributed by atoms with Crippen LogP contribution in [0.25, 0.3) is 0 Å². The van der Waals surface area contributed by atoms with Gasteiger partial charge in [-0.2, -0.15) is 0 Å². The average molecular weight is 322 g/mol. The van der Waals surface area contributed by atoms with Crippen molar-refractivity contribution in [1.82, 2.24) is 4.57 Å². The summed E-state index contributed by atoms with van der Waals surface area (Å²) >= 11 is 0. The van der Waals surface area contributed by atoms with Crippen molar-refractivity contribution in [3.63, 3.8) is 0 Å². The number of hydrogen-bond donors (Lipinski definition) is 0. The lowest BCUT2D eigenvalue weighted by molar-refractivity contribution is -0.874. The number of hydrogen-bond acceptors (Lipinski definition) is 3. The van der Waals surface area contributed by atoms with Gasteiger partial charge in [-0.25, -0.2) is 4.57 Å². The summed E-state index contributed by atoms with van der Waals surface area (Å²) in [7, 11) is 3.95. The quantitative estimate of drug-likeness (QED) is 0.517. The fraction of sp³-hybridized carbons (Fsp3) is 0.158. The molecule has 0 N–H and O–H groups in total. The standard InChI is InChI=1S/C19H20N3O2/c1-20(2)17-10-8-16(9-11-17)19(23)14-21-12-13-22(15-21)24-18-6-4-3-5-7-18/h3-13,15H,14H2,1-2H3/q+1. The van der Waals surface area contributed by atoms with Crippen LogP contribution in [-0.4, -0.2) is 24.4 Å². The van der Waals surface area contributed by atoms with Crippen LogP contribution in [0.4, 0.5) is 5.69 Å². The van der Waals surface area contributed by atoms with E-state index in [9.17, 15) is 4.79 Å².